The molecule has 5 rings (SSSR count). The first-order valence-corrected chi connectivity index (χ1v) is 9.48. The van der Waals surface area contributed by atoms with Gasteiger partial charge in [0.15, 0.2) is 5.58 Å². The van der Waals surface area contributed by atoms with E-state index in [-0.39, 0.29) is 12.5 Å². The number of aromatic nitrogens is 3. The molecule has 8 nitrogen and oxygen atoms in total. The van der Waals surface area contributed by atoms with Crippen molar-refractivity contribution in [1.82, 2.24) is 19.4 Å². The van der Waals surface area contributed by atoms with E-state index >= 15 is 0 Å². The molecule has 2 aromatic heterocycles. The Morgan fingerprint density at radius 3 is 2.64 bits per heavy atom. The second-order valence-corrected chi connectivity index (χ2v) is 7.66. The number of rotatable bonds is 3. The van der Waals surface area contributed by atoms with Gasteiger partial charge in [-0.1, -0.05) is 12.1 Å². The molecule has 2 atom stereocenters. The van der Waals surface area contributed by atoms with Crippen LogP contribution in [-0.2, 0) is 11.3 Å². The summed E-state index contributed by atoms with van der Waals surface area (Å²) < 4.78 is 6.65. The predicted octanol–water partition coefficient (Wildman–Crippen LogP) is 1.29. The Bertz CT molecular complexity index is 1090. The number of fused-ring (bicyclic) bond motifs is 2. The van der Waals surface area contributed by atoms with E-state index in [0.29, 0.717) is 36.0 Å². The quantitative estimate of drug-likeness (QED) is 0.682. The van der Waals surface area contributed by atoms with E-state index in [1.54, 1.807) is 18.5 Å². The normalized spacial score (nSPS) is 21.5. The molecule has 4 heterocycles. The lowest BCUT2D eigenvalue weighted by Crippen LogP contribution is -2.36. The van der Waals surface area contributed by atoms with Gasteiger partial charge in [0.05, 0.1) is 5.52 Å². The van der Waals surface area contributed by atoms with Crippen LogP contribution in [0.4, 0.5) is 5.82 Å². The number of nitrogens with zero attached hydrogens (tertiary/aromatic N) is 5. The summed E-state index contributed by atoms with van der Waals surface area (Å²) >= 11 is 0. The molecule has 8 heteroatoms. The molecule has 28 heavy (non-hydrogen) atoms. The molecule has 3 aromatic rings. The number of likely N-dealkylation sites (tertiary alicyclic amines) is 1. The van der Waals surface area contributed by atoms with Crippen molar-refractivity contribution in [2.75, 3.05) is 31.1 Å². The molecular formula is C20H21N5O3. The van der Waals surface area contributed by atoms with Crippen molar-refractivity contribution >= 4 is 22.8 Å². The van der Waals surface area contributed by atoms with Gasteiger partial charge in [-0.05, 0) is 19.1 Å². The zero-order valence-electron chi connectivity index (χ0n) is 15.6. The largest absolute Gasteiger partial charge is 0.420 e. The zero-order valence-corrected chi connectivity index (χ0v) is 15.6. The van der Waals surface area contributed by atoms with E-state index in [1.165, 1.54) is 4.57 Å². The maximum atomic E-state index is 12.8. The van der Waals surface area contributed by atoms with Crippen LogP contribution in [0.3, 0.4) is 0 Å². The molecule has 2 unspecified atom stereocenters. The van der Waals surface area contributed by atoms with Crippen molar-refractivity contribution in [2.24, 2.45) is 11.8 Å². The Balaban J connectivity index is 1.27. The van der Waals surface area contributed by atoms with Crippen LogP contribution in [0.5, 0.6) is 0 Å². The van der Waals surface area contributed by atoms with E-state index in [0.717, 1.165) is 24.6 Å². The summed E-state index contributed by atoms with van der Waals surface area (Å²) in [6.45, 7) is 5.19. The highest BCUT2D eigenvalue weighted by atomic mass is 16.4. The number of carbonyl (C=O) groups excluding carboxylic acids is 1. The fourth-order valence-electron chi connectivity index (χ4n) is 4.40. The topological polar surface area (TPSA) is 84.5 Å². The average Bonchev–Trinajstić information content (AvgIpc) is 3.34. The molecule has 144 valence electrons. The van der Waals surface area contributed by atoms with Gasteiger partial charge in [-0.15, -0.1) is 0 Å². The number of anilines is 1. The first-order chi connectivity index (χ1) is 13.6. The third-order valence-corrected chi connectivity index (χ3v) is 5.82. The standard InChI is InChI=1S/C20H21N5O3/c1-13-6-18(22-12-21-13)23-7-14-9-24(10-15(14)8-23)19(26)11-25-16-4-2-3-5-17(16)28-20(25)27/h2-6,12,14-15H,7-11H2,1H3. The van der Waals surface area contributed by atoms with E-state index in [2.05, 4.69) is 14.9 Å². The summed E-state index contributed by atoms with van der Waals surface area (Å²) in [5.41, 5.74) is 2.12. The zero-order chi connectivity index (χ0) is 19.3. The highest BCUT2D eigenvalue weighted by Crippen LogP contribution is 2.33. The fourth-order valence-corrected chi connectivity index (χ4v) is 4.40. The number of hydrogen-bond acceptors (Lipinski definition) is 6. The SMILES string of the molecule is Cc1cc(N2CC3CN(C(=O)Cn4c(=O)oc5ccccc54)CC3C2)ncn1. The maximum absolute atomic E-state index is 12.8. The lowest BCUT2D eigenvalue weighted by molar-refractivity contribution is -0.131. The van der Waals surface area contributed by atoms with Gasteiger partial charge in [-0.3, -0.25) is 9.36 Å². The minimum absolute atomic E-state index is 0.0180. The summed E-state index contributed by atoms with van der Waals surface area (Å²) in [5, 5.41) is 0. The molecule has 2 saturated heterocycles. The lowest BCUT2D eigenvalue weighted by atomic mass is 10.0. The van der Waals surface area contributed by atoms with Gasteiger partial charge in [-0.2, -0.15) is 0 Å². The van der Waals surface area contributed by atoms with Crippen molar-refractivity contribution < 1.29 is 9.21 Å². The van der Waals surface area contributed by atoms with Gasteiger partial charge < -0.3 is 14.2 Å². The van der Waals surface area contributed by atoms with E-state index in [1.807, 2.05) is 30.0 Å². The first-order valence-electron chi connectivity index (χ1n) is 9.48. The average molecular weight is 379 g/mol. The molecule has 1 amide bonds. The van der Waals surface area contributed by atoms with Gasteiger partial charge in [0.25, 0.3) is 0 Å². The third kappa shape index (κ3) is 2.85. The van der Waals surface area contributed by atoms with Gasteiger partial charge in [0.1, 0.15) is 18.7 Å². The Morgan fingerprint density at radius 2 is 1.89 bits per heavy atom. The van der Waals surface area contributed by atoms with E-state index in [4.69, 9.17) is 4.42 Å². The molecule has 1 aromatic carbocycles. The smallest absolute Gasteiger partial charge is 0.408 e. The predicted molar refractivity (Wildman–Crippen MR) is 103 cm³/mol. The van der Waals surface area contributed by atoms with Crippen LogP contribution < -0.4 is 10.7 Å². The van der Waals surface area contributed by atoms with Crippen LogP contribution in [0.25, 0.3) is 11.1 Å². The van der Waals surface area contributed by atoms with Crippen LogP contribution in [0.2, 0.25) is 0 Å². The number of amides is 1. The lowest BCUT2D eigenvalue weighted by Gasteiger charge is -2.22. The number of para-hydroxylation sites is 2. The monoisotopic (exact) mass is 379 g/mol. The van der Waals surface area contributed by atoms with Crippen molar-refractivity contribution in [2.45, 2.75) is 13.5 Å². The minimum Gasteiger partial charge on any atom is -0.408 e. The number of hydrogen-bond donors (Lipinski definition) is 0. The molecular weight excluding hydrogens is 358 g/mol. The molecule has 0 radical (unpaired) electrons. The number of benzene rings is 1. The van der Waals surface area contributed by atoms with Gasteiger partial charge >= 0.3 is 5.76 Å². The third-order valence-electron chi connectivity index (χ3n) is 5.82. The second kappa shape index (κ2) is 6.47. The van der Waals surface area contributed by atoms with Gasteiger partial charge in [-0.25, -0.2) is 14.8 Å². The second-order valence-electron chi connectivity index (χ2n) is 7.66. The van der Waals surface area contributed by atoms with Crippen molar-refractivity contribution in [1.29, 1.82) is 0 Å². The van der Waals surface area contributed by atoms with Crippen LogP contribution in [0.1, 0.15) is 5.69 Å². The number of aryl methyl sites for hydroxylation is 1. The molecule has 2 fully saturated rings. The molecule has 0 N–H and O–H groups in total. The molecule has 0 saturated carbocycles. The molecule has 0 spiro atoms. The minimum atomic E-state index is -0.487. The van der Waals surface area contributed by atoms with Crippen LogP contribution in [0.15, 0.2) is 45.9 Å². The maximum Gasteiger partial charge on any atom is 0.420 e. The Labute approximate surface area is 161 Å². The molecule has 0 bridgehead atoms. The van der Waals surface area contributed by atoms with Crippen LogP contribution in [-0.4, -0.2) is 51.5 Å². The Kier molecular flexibility index (Phi) is 3.92. The summed E-state index contributed by atoms with van der Waals surface area (Å²) in [5.74, 6) is 1.29. The van der Waals surface area contributed by atoms with Crippen LogP contribution >= 0.6 is 0 Å². The van der Waals surface area contributed by atoms with Crippen molar-refractivity contribution in [3.05, 3.63) is 52.9 Å². The van der Waals surface area contributed by atoms with Crippen molar-refractivity contribution in [3.8, 4) is 0 Å². The molecule has 2 aliphatic heterocycles. The number of carbonyl (C=O) groups is 1. The highest BCUT2D eigenvalue weighted by molar-refractivity contribution is 5.80. The summed E-state index contributed by atoms with van der Waals surface area (Å²) in [6, 6.07) is 9.18. The Morgan fingerprint density at radius 1 is 1.14 bits per heavy atom. The fraction of sp³-hybridized carbons (Fsp3) is 0.400. The van der Waals surface area contributed by atoms with E-state index < -0.39 is 5.76 Å². The first kappa shape index (κ1) is 17.0. The van der Waals surface area contributed by atoms with Crippen LogP contribution in [0, 0.1) is 18.8 Å². The summed E-state index contributed by atoms with van der Waals surface area (Å²) in [7, 11) is 0. The molecule has 0 aliphatic carbocycles. The highest BCUT2D eigenvalue weighted by Gasteiger charge is 2.42. The van der Waals surface area contributed by atoms with Crippen molar-refractivity contribution in [3.63, 3.8) is 0 Å². The van der Waals surface area contributed by atoms with Gasteiger partial charge in [0, 0.05) is 49.8 Å². The summed E-state index contributed by atoms with van der Waals surface area (Å²) in [6.07, 6.45) is 1.60. The van der Waals surface area contributed by atoms with Gasteiger partial charge in [0.2, 0.25) is 5.91 Å². The van der Waals surface area contributed by atoms with E-state index in [9.17, 15) is 9.59 Å². The number of oxazole rings is 1. The Hall–Kier alpha value is -3.16. The molecule has 2 aliphatic rings. The summed E-state index contributed by atoms with van der Waals surface area (Å²) in [4.78, 5) is 37.6.